The summed E-state index contributed by atoms with van der Waals surface area (Å²) in [4.78, 5) is 14.4. The summed E-state index contributed by atoms with van der Waals surface area (Å²) in [6.45, 7) is 5.84. The van der Waals surface area contributed by atoms with E-state index in [0.29, 0.717) is 5.95 Å². The number of hydrogen-bond donors (Lipinski definition) is 2. The Morgan fingerprint density at radius 3 is 2.54 bits per heavy atom. The zero-order valence-corrected chi connectivity index (χ0v) is 19.9. The Hall–Kier alpha value is -4.04. The van der Waals surface area contributed by atoms with E-state index in [0.717, 1.165) is 69.1 Å². The number of para-hydroxylation sites is 1. The van der Waals surface area contributed by atoms with Gasteiger partial charge in [0.25, 0.3) is 0 Å². The molecule has 176 valence electrons. The molecule has 0 bridgehead atoms. The predicted octanol–water partition coefficient (Wildman–Crippen LogP) is 5.00. The van der Waals surface area contributed by atoms with E-state index in [-0.39, 0.29) is 12.1 Å². The van der Waals surface area contributed by atoms with Gasteiger partial charge in [0.1, 0.15) is 11.4 Å². The second-order valence-corrected chi connectivity index (χ2v) is 9.14. The molecule has 8 heteroatoms. The monoisotopic (exact) mass is 466 g/mol. The van der Waals surface area contributed by atoms with E-state index < -0.39 is 0 Å². The van der Waals surface area contributed by atoms with Crippen LogP contribution in [-0.2, 0) is 0 Å². The number of aliphatic hydroxyl groups is 1. The first-order chi connectivity index (χ1) is 17.0. The van der Waals surface area contributed by atoms with Crippen molar-refractivity contribution in [3.05, 3.63) is 71.9 Å². The number of nitrogens with one attached hydrogen (secondary N) is 1. The molecule has 0 amide bonds. The molecule has 1 saturated carbocycles. The highest BCUT2D eigenvalue weighted by atomic mass is 16.5. The number of aryl methyl sites for hydroxylation is 3. The van der Waals surface area contributed by atoms with Crippen LogP contribution >= 0.6 is 0 Å². The Labute approximate surface area is 202 Å². The molecule has 0 saturated heterocycles. The zero-order valence-electron chi connectivity index (χ0n) is 19.9. The lowest BCUT2D eigenvalue weighted by Gasteiger charge is -2.32. The van der Waals surface area contributed by atoms with Crippen LogP contribution in [0.15, 0.2) is 59.4 Å². The van der Waals surface area contributed by atoms with Crippen molar-refractivity contribution in [3.63, 3.8) is 0 Å². The Morgan fingerprint density at radius 2 is 1.86 bits per heavy atom. The fourth-order valence-corrected chi connectivity index (χ4v) is 4.66. The van der Waals surface area contributed by atoms with Crippen molar-refractivity contribution in [1.29, 1.82) is 0 Å². The largest absolute Gasteiger partial charge is 0.391 e. The molecule has 4 heterocycles. The molecule has 1 aliphatic carbocycles. The van der Waals surface area contributed by atoms with Gasteiger partial charge in [-0.05, 0) is 63.4 Å². The average Bonchev–Trinajstić information content (AvgIpc) is 3.42. The summed E-state index contributed by atoms with van der Waals surface area (Å²) in [5, 5.41) is 18.4. The highest BCUT2D eigenvalue weighted by Crippen LogP contribution is 2.35. The first-order valence-corrected chi connectivity index (χ1v) is 11.8. The average molecular weight is 467 g/mol. The van der Waals surface area contributed by atoms with Crippen molar-refractivity contribution in [2.24, 2.45) is 0 Å². The number of hydrogen-bond acceptors (Lipinski definition) is 7. The third kappa shape index (κ3) is 3.66. The van der Waals surface area contributed by atoms with Crippen molar-refractivity contribution in [3.8, 4) is 28.2 Å². The summed E-state index contributed by atoms with van der Waals surface area (Å²) in [6, 6.07) is 14.2. The molecule has 5 aromatic rings. The number of fused-ring (bicyclic) bond motifs is 1. The van der Waals surface area contributed by atoms with Gasteiger partial charge in [-0.25, -0.2) is 15.0 Å². The number of aromatic nitrogens is 5. The number of rotatable bonds is 5. The van der Waals surface area contributed by atoms with Crippen LogP contribution in [0, 0.1) is 20.8 Å². The lowest BCUT2D eigenvalue weighted by molar-refractivity contribution is 0.0782. The van der Waals surface area contributed by atoms with Crippen LogP contribution in [0.3, 0.4) is 0 Å². The lowest BCUT2D eigenvalue weighted by Crippen LogP contribution is -2.43. The van der Waals surface area contributed by atoms with Crippen LogP contribution in [0.5, 0.6) is 0 Å². The summed E-state index contributed by atoms with van der Waals surface area (Å²) in [7, 11) is 0. The van der Waals surface area contributed by atoms with Gasteiger partial charge in [-0.3, -0.25) is 0 Å². The summed E-state index contributed by atoms with van der Waals surface area (Å²) in [6.07, 6.45) is 5.28. The van der Waals surface area contributed by atoms with Gasteiger partial charge >= 0.3 is 0 Å². The maximum atomic E-state index is 9.98. The molecule has 0 aliphatic heterocycles. The molecule has 1 aliphatic rings. The van der Waals surface area contributed by atoms with Gasteiger partial charge in [-0.2, -0.15) is 0 Å². The third-order valence-electron chi connectivity index (χ3n) is 6.75. The Balaban J connectivity index is 1.53. The van der Waals surface area contributed by atoms with E-state index in [2.05, 4.69) is 44.4 Å². The Bertz CT molecular complexity index is 1520. The van der Waals surface area contributed by atoms with E-state index in [1.54, 1.807) is 0 Å². The number of pyridine rings is 1. The van der Waals surface area contributed by atoms with Crippen molar-refractivity contribution < 1.29 is 9.63 Å². The van der Waals surface area contributed by atoms with E-state index in [4.69, 9.17) is 14.5 Å². The predicted molar refractivity (Wildman–Crippen MR) is 134 cm³/mol. The molecular formula is C27H26N6O2. The molecule has 6 rings (SSSR count). The molecule has 4 aromatic heterocycles. The molecule has 8 nitrogen and oxygen atoms in total. The fraction of sp³-hybridized carbons (Fsp3) is 0.259. The van der Waals surface area contributed by atoms with Crippen molar-refractivity contribution >= 4 is 17.0 Å². The third-order valence-corrected chi connectivity index (χ3v) is 6.75. The van der Waals surface area contributed by atoms with E-state index >= 15 is 0 Å². The number of aliphatic hydroxyl groups excluding tert-OH is 1. The maximum absolute atomic E-state index is 9.98. The van der Waals surface area contributed by atoms with Gasteiger partial charge in [0, 0.05) is 29.0 Å². The van der Waals surface area contributed by atoms with Crippen LogP contribution in [0.25, 0.3) is 39.2 Å². The quantitative estimate of drug-likeness (QED) is 0.376. The van der Waals surface area contributed by atoms with E-state index in [1.165, 1.54) is 0 Å². The minimum atomic E-state index is -0.352. The summed E-state index contributed by atoms with van der Waals surface area (Å²) < 4.78 is 7.49. The second kappa shape index (κ2) is 8.32. The normalized spacial score (nSPS) is 17.5. The van der Waals surface area contributed by atoms with E-state index in [1.807, 2.05) is 51.2 Å². The maximum Gasteiger partial charge on any atom is 0.223 e. The Kier molecular flexibility index (Phi) is 5.11. The number of anilines is 1. The van der Waals surface area contributed by atoms with Crippen LogP contribution in [0.2, 0.25) is 0 Å². The first kappa shape index (κ1) is 21.5. The first-order valence-electron chi connectivity index (χ1n) is 11.8. The molecule has 1 aromatic carbocycles. The van der Waals surface area contributed by atoms with Crippen LogP contribution in [0.4, 0.5) is 5.95 Å². The van der Waals surface area contributed by atoms with Gasteiger partial charge in [0.15, 0.2) is 0 Å². The topological polar surface area (TPSA) is 102 Å². The molecule has 0 spiro atoms. The molecule has 2 atom stereocenters. The van der Waals surface area contributed by atoms with Crippen LogP contribution in [-0.4, -0.2) is 41.9 Å². The molecule has 1 fully saturated rings. The molecule has 2 N–H and O–H groups in total. The lowest BCUT2D eigenvalue weighted by atomic mass is 9.89. The minimum Gasteiger partial charge on any atom is -0.391 e. The van der Waals surface area contributed by atoms with Gasteiger partial charge < -0.3 is 19.5 Å². The summed E-state index contributed by atoms with van der Waals surface area (Å²) in [5.74, 6) is 1.27. The van der Waals surface area contributed by atoms with Gasteiger partial charge in [0.2, 0.25) is 5.95 Å². The molecule has 1 unspecified atom stereocenters. The highest BCUT2D eigenvalue weighted by molar-refractivity contribution is 5.96. The summed E-state index contributed by atoms with van der Waals surface area (Å²) in [5.41, 5.74) is 7.15. The van der Waals surface area contributed by atoms with Gasteiger partial charge in [-0.15, -0.1) is 0 Å². The second-order valence-electron chi connectivity index (χ2n) is 9.14. The van der Waals surface area contributed by atoms with Gasteiger partial charge in [0.05, 0.1) is 34.8 Å². The smallest absolute Gasteiger partial charge is 0.223 e. The fourth-order valence-electron chi connectivity index (χ4n) is 4.66. The minimum absolute atomic E-state index is 0.00418. The number of benzene rings is 1. The van der Waals surface area contributed by atoms with E-state index in [9.17, 15) is 5.11 Å². The zero-order chi connectivity index (χ0) is 24.1. The van der Waals surface area contributed by atoms with Crippen molar-refractivity contribution in [2.75, 3.05) is 5.32 Å². The van der Waals surface area contributed by atoms with Gasteiger partial charge in [-0.1, -0.05) is 23.4 Å². The van der Waals surface area contributed by atoms with Crippen LogP contribution < -0.4 is 5.32 Å². The van der Waals surface area contributed by atoms with Crippen LogP contribution in [0.1, 0.15) is 29.9 Å². The molecule has 0 radical (unpaired) electrons. The van der Waals surface area contributed by atoms with Crippen molar-refractivity contribution in [1.82, 2.24) is 24.7 Å². The SMILES string of the molecule is Cc1cnc(NC2CC[C@H]2O)nc1-c1cn(-c2ccccc2)c2nc(-c3c(C)noc3C)ccc12. The number of nitrogens with zero attached hydrogens (tertiary/aromatic N) is 5. The van der Waals surface area contributed by atoms with Crippen molar-refractivity contribution in [2.45, 2.75) is 45.8 Å². The summed E-state index contributed by atoms with van der Waals surface area (Å²) >= 11 is 0. The standard InChI is InChI=1S/C27H26N6O2/c1-15-13-28-27(30-21-11-12-23(21)34)31-25(15)20-14-33(18-7-5-4-6-8-18)26-19(20)9-10-22(29-26)24-16(2)32-35-17(24)3/h4-10,13-14,21,23,34H,11-12H2,1-3H3,(H,28,30,31)/t21?,23-/m1/s1. The molecular weight excluding hydrogens is 440 g/mol. The molecule has 35 heavy (non-hydrogen) atoms. The highest BCUT2D eigenvalue weighted by Gasteiger charge is 2.29. The Morgan fingerprint density at radius 1 is 1.03 bits per heavy atom.